The lowest BCUT2D eigenvalue weighted by atomic mass is 10.1. The predicted octanol–water partition coefficient (Wildman–Crippen LogP) is 2.61. The second kappa shape index (κ2) is 4.46. The first-order chi connectivity index (χ1) is 8.41. The molecule has 1 aromatic heterocycles. The summed E-state index contributed by atoms with van der Waals surface area (Å²) in [5.41, 5.74) is 1.19. The van der Waals surface area contributed by atoms with Crippen molar-refractivity contribution in [1.29, 1.82) is 0 Å². The van der Waals surface area contributed by atoms with E-state index in [2.05, 4.69) is 0 Å². The Kier molecular flexibility index (Phi) is 3.13. The number of fused-ring (bicyclic) bond motifs is 1. The molecular formula is C13H12ClNO3. The first kappa shape index (κ1) is 12.6. The number of carboxylic acid groups (broad SMARTS) is 1. The summed E-state index contributed by atoms with van der Waals surface area (Å²) in [6, 6.07) is 3.93. The molecule has 1 unspecified atom stereocenters. The molecular weight excluding hydrogens is 254 g/mol. The lowest BCUT2D eigenvalue weighted by molar-refractivity contribution is -0.140. The van der Waals surface area contributed by atoms with Crippen molar-refractivity contribution in [3.8, 4) is 0 Å². The molecule has 2 rings (SSSR count). The molecule has 1 atom stereocenters. The van der Waals surface area contributed by atoms with Crippen LogP contribution in [0.25, 0.3) is 10.9 Å². The van der Waals surface area contributed by atoms with Gasteiger partial charge in [-0.3, -0.25) is 4.79 Å². The van der Waals surface area contributed by atoms with Gasteiger partial charge >= 0.3 is 5.97 Å². The van der Waals surface area contributed by atoms with Crippen molar-refractivity contribution in [2.45, 2.75) is 19.9 Å². The number of carbonyl (C=O) groups is 1. The molecule has 0 spiro atoms. The third-order valence-corrected chi connectivity index (χ3v) is 3.39. The Hall–Kier alpha value is -1.81. The Morgan fingerprint density at radius 1 is 1.44 bits per heavy atom. The lowest BCUT2D eigenvalue weighted by Gasteiger charge is -2.15. The van der Waals surface area contributed by atoms with E-state index in [1.807, 2.05) is 0 Å². The average molecular weight is 266 g/mol. The third-order valence-electron chi connectivity index (χ3n) is 2.98. The fourth-order valence-corrected chi connectivity index (χ4v) is 2.01. The van der Waals surface area contributed by atoms with Crippen molar-refractivity contribution < 1.29 is 9.90 Å². The van der Waals surface area contributed by atoms with Crippen LogP contribution in [-0.2, 0) is 4.79 Å². The molecule has 4 nitrogen and oxygen atoms in total. The van der Waals surface area contributed by atoms with Gasteiger partial charge in [-0.25, -0.2) is 4.79 Å². The largest absolute Gasteiger partial charge is 0.480 e. The van der Waals surface area contributed by atoms with Gasteiger partial charge in [0, 0.05) is 22.7 Å². The molecule has 94 valence electrons. The van der Waals surface area contributed by atoms with Gasteiger partial charge < -0.3 is 9.67 Å². The third kappa shape index (κ3) is 1.99. The van der Waals surface area contributed by atoms with Crippen molar-refractivity contribution in [2.75, 3.05) is 0 Å². The molecule has 1 heterocycles. The summed E-state index contributed by atoms with van der Waals surface area (Å²) < 4.78 is 1.53. The number of benzene rings is 1. The molecule has 5 heteroatoms. The molecule has 0 saturated carbocycles. The zero-order chi connectivity index (χ0) is 13.4. The fraction of sp³-hybridized carbons (Fsp3) is 0.231. The minimum Gasteiger partial charge on any atom is -0.480 e. The van der Waals surface area contributed by atoms with Crippen LogP contribution in [0.5, 0.6) is 0 Å². The number of pyridine rings is 1. The maximum atomic E-state index is 11.8. The van der Waals surface area contributed by atoms with Gasteiger partial charge in [-0.2, -0.15) is 0 Å². The molecule has 0 aliphatic rings. The summed E-state index contributed by atoms with van der Waals surface area (Å²) in [6.07, 6.45) is 1.48. The fourth-order valence-electron chi connectivity index (χ4n) is 1.86. The highest BCUT2D eigenvalue weighted by Gasteiger charge is 2.15. The van der Waals surface area contributed by atoms with E-state index < -0.39 is 12.0 Å². The van der Waals surface area contributed by atoms with E-state index in [1.165, 1.54) is 16.8 Å². The molecule has 0 radical (unpaired) electrons. The molecule has 1 N–H and O–H groups in total. The lowest BCUT2D eigenvalue weighted by Crippen LogP contribution is -2.18. The van der Waals surface area contributed by atoms with Crippen molar-refractivity contribution >= 4 is 28.5 Å². The second-order valence-corrected chi connectivity index (χ2v) is 4.63. The predicted molar refractivity (Wildman–Crippen MR) is 70.3 cm³/mol. The van der Waals surface area contributed by atoms with Crippen molar-refractivity contribution in [3.63, 3.8) is 0 Å². The Labute approximate surface area is 108 Å². The van der Waals surface area contributed by atoms with Crippen LogP contribution in [0, 0.1) is 6.92 Å². The molecule has 0 bridgehead atoms. The van der Waals surface area contributed by atoms with E-state index >= 15 is 0 Å². The number of nitrogens with zero attached hydrogens (tertiary/aromatic N) is 1. The first-order valence-corrected chi connectivity index (χ1v) is 5.83. The van der Waals surface area contributed by atoms with E-state index in [4.69, 9.17) is 16.7 Å². The van der Waals surface area contributed by atoms with Gasteiger partial charge in [0.15, 0.2) is 5.43 Å². The summed E-state index contributed by atoms with van der Waals surface area (Å²) in [6.45, 7) is 3.36. The normalized spacial score (nSPS) is 12.6. The summed E-state index contributed by atoms with van der Waals surface area (Å²) in [5.74, 6) is -0.961. The van der Waals surface area contributed by atoms with Gasteiger partial charge in [0.1, 0.15) is 6.04 Å². The van der Waals surface area contributed by atoms with E-state index in [1.54, 1.807) is 26.0 Å². The van der Waals surface area contributed by atoms with Crippen LogP contribution in [0.3, 0.4) is 0 Å². The molecule has 2 aromatic rings. The van der Waals surface area contributed by atoms with Crippen LogP contribution in [0.4, 0.5) is 0 Å². The van der Waals surface area contributed by atoms with Gasteiger partial charge in [-0.15, -0.1) is 0 Å². The molecule has 18 heavy (non-hydrogen) atoms. The van der Waals surface area contributed by atoms with E-state index in [0.717, 1.165) is 5.56 Å². The highest BCUT2D eigenvalue weighted by Crippen LogP contribution is 2.23. The minimum absolute atomic E-state index is 0.140. The van der Waals surface area contributed by atoms with Crippen molar-refractivity contribution in [1.82, 2.24) is 4.57 Å². The monoisotopic (exact) mass is 265 g/mol. The summed E-state index contributed by atoms with van der Waals surface area (Å²) in [7, 11) is 0. The number of hydrogen-bond acceptors (Lipinski definition) is 2. The van der Waals surface area contributed by atoms with Crippen LogP contribution in [-0.4, -0.2) is 15.6 Å². The summed E-state index contributed by atoms with van der Waals surface area (Å²) in [5, 5.41) is 10.0. The number of aromatic nitrogens is 1. The first-order valence-electron chi connectivity index (χ1n) is 5.45. The molecule has 0 saturated heterocycles. The Bertz CT molecular complexity index is 690. The summed E-state index contributed by atoms with van der Waals surface area (Å²) in [4.78, 5) is 22.8. The summed E-state index contributed by atoms with van der Waals surface area (Å²) >= 11 is 6.03. The van der Waals surface area contributed by atoms with Gasteiger partial charge in [-0.05, 0) is 31.5 Å². The van der Waals surface area contributed by atoms with Gasteiger partial charge in [0.05, 0.1) is 5.52 Å². The van der Waals surface area contributed by atoms with Crippen molar-refractivity contribution in [3.05, 3.63) is 45.2 Å². The van der Waals surface area contributed by atoms with Gasteiger partial charge in [0.2, 0.25) is 0 Å². The topological polar surface area (TPSA) is 59.3 Å². The minimum atomic E-state index is -0.961. The quantitative estimate of drug-likeness (QED) is 0.908. The zero-order valence-electron chi connectivity index (χ0n) is 9.98. The van der Waals surface area contributed by atoms with Gasteiger partial charge in [0.25, 0.3) is 0 Å². The molecule has 0 fully saturated rings. The van der Waals surface area contributed by atoms with E-state index in [0.29, 0.717) is 15.9 Å². The molecule has 0 aliphatic carbocycles. The Balaban J connectivity index is 2.85. The number of carboxylic acids is 1. The van der Waals surface area contributed by atoms with Crippen LogP contribution in [0.1, 0.15) is 18.5 Å². The standard InChI is InChI=1S/C13H12ClNO3/c1-7-5-9-11(6-10(7)14)15(4-3-12(9)16)8(2)13(17)18/h3-6,8H,1-2H3,(H,17,18). The Morgan fingerprint density at radius 3 is 2.72 bits per heavy atom. The number of hydrogen-bond donors (Lipinski definition) is 1. The zero-order valence-corrected chi connectivity index (χ0v) is 10.7. The number of halogens is 1. The molecule has 0 aliphatic heterocycles. The van der Waals surface area contributed by atoms with Crippen LogP contribution in [0.15, 0.2) is 29.2 Å². The SMILES string of the molecule is Cc1cc2c(=O)ccn(C(C)C(=O)O)c2cc1Cl. The maximum absolute atomic E-state index is 11.8. The average Bonchev–Trinajstić information content (AvgIpc) is 2.31. The van der Waals surface area contributed by atoms with Crippen molar-refractivity contribution in [2.24, 2.45) is 0 Å². The van der Waals surface area contributed by atoms with E-state index in [-0.39, 0.29) is 5.43 Å². The van der Waals surface area contributed by atoms with Crippen LogP contribution >= 0.6 is 11.6 Å². The van der Waals surface area contributed by atoms with Crippen LogP contribution < -0.4 is 5.43 Å². The highest BCUT2D eigenvalue weighted by atomic mass is 35.5. The maximum Gasteiger partial charge on any atom is 0.326 e. The second-order valence-electron chi connectivity index (χ2n) is 4.22. The van der Waals surface area contributed by atoms with Gasteiger partial charge in [-0.1, -0.05) is 11.6 Å². The molecule has 1 aromatic carbocycles. The van der Waals surface area contributed by atoms with E-state index in [9.17, 15) is 9.59 Å². The smallest absolute Gasteiger partial charge is 0.326 e. The highest BCUT2D eigenvalue weighted by molar-refractivity contribution is 6.32. The number of aliphatic carboxylic acids is 1. The Morgan fingerprint density at radius 2 is 2.11 bits per heavy atom. The van der Waals surface area contributed by atoms with Crippen LogP contribution in [0.2, 0.25) is 5.02 Å². The molecule has 0 amide bonds. The number of aryl methyl sites for hydroxylation is 1. The number of rotatable bonds is 2.